The summed E-state index contributed by atoms with van der Waals surface area (Å²) in [5, 5.41) is 0. The van der Waals surface area contributed by atoms with E-state index in [2.05, 4.69) is 70.2 Å². The number of nitrogens with zero attached hydrogens (tertiary/aromatic N) is 3. The number of esters is 3. The van der Waals surface area contributed by atoms with Gasteiger partial charge in [-0.25, -0.2) is 0 Å². The van der Waals surface area contributed by atoms with Gasteiger partial charge in [0.15, 0.2) is 0 Å². The van der Waals surface area contributed by atoms with Crippen LogP contribution in [0.15, 0.2) is 0 Å². The molecule has 89 heavy (non-hydrogen) atoms. The first kappa shape index (κ1) is 90.4. The molecule has 0 radical (unpaired) electrons. The number of hydrogen-bond donors (Lipinski definition) is 0. The van der Waals surface area contributed by atoms with Crippen molar-refractivity contribution in [1.82, 2.24) is 14.7 Å². The maximum atomic E-state index is 13.4. The van der Waals surface area contributed by atoms with E-state index in [0.29, 0.717) is 38.9 Å². The van der Waals surface area contributed by atoms with Crippen LogP contribution in [0.3, 0.4) is 0 Å². The third kappa shape index (κ3) is 66.5. The summed E-state index contributed by atoms with van der Waals surface area (Å²) < 4.78 is 18.1. The lowest BCUT2D eigenvalue weighted by molar-refractivity contribution is -0.149. The van der Waals surface area contributed by atoms with Crippen molar-refractivity contribution in [2.75, 3.05) is 93.9 Å². The van der Waals surface area contributed by atoms with E-state index in [9.17, 15) is 14.4 Å². The molecule has 0 bridgehead atoms. The lowest BCUT2D eigenvalue weighted by Crippen LogP contribution is -2.40. The van der Waals surface area contributed by atoms with Crippen LogP contribution in [0.2, 0.25) is 0 Å². The van der Waals surface area contributed by atoms with Gasteiger partial charge in [0.2, 0.25) is 0 Å². The van der Waals surface area contributed by atoms with E-state index in [-0.39, 0.29) is 36.2 Å². The average molecular weight is 1420 g/mol. The van der Waals surface area contributed by atoms with Crippen molar-refractivity contribution >= 4 is 112 Å². The fraction of sp³-hybridized carbons (Fsp3) is 0.958. The van der Waals surface area contributed by atoms with Crippen molar-refractivity contribution in [3.63, 3.8) is 0 Å². The van der Waals surface area contributed by atoms with Crippen molar-refractivity contribution in [3.8, 4) is 0 Å². The number of hydrogen-bond acceptors (Lipinski definition) is 18. The number of ether oxygens (including phenoxy) is 3. The minimum absolute atomic E-state index is 0.0533. The van der Waals surface area contributed by atoms with E-state index in [1.54, 1.807) is 0 Å². The fourth-order valence-corrected chi connectivity index (χ4v) is 22.7. The molecule has 0 aliphatic carbocycles. The zero-order valence-electron chi connectivity index (χ0n) is 59.0. The van der Waals surface area contributed by atoms with E-state index in [1.807, 2.05) is 94.2 Å². The molecule has 0 heterocycles. The van der Waals surface area contributed by atoms with Gasteiger partial charge in [0.05, 0.1) is 19.3 Å². The van der Waals surface area contributed by atoms with Crippen molar-refractivity contribution in [1.29, 1.82) is 0 Å². The molecular formula is C71H141N3O6S9. The molecule has 3 atom stereocenters. The van der Waals surface area contributed by atoms with Gasteiger partial charge in [-0.1, -0.05) is 325 Å². The molecule has 0 amide bonds. The highest BCUT2D eigenvalue weighted by Gasteiger charge is 2.20. The van der Waals surface area contributed by atoms with Crippen molar-refractivity contribution in [3.05, 3.63) is 0 Å². The standard InChI is InChI=1S/C71H141N3O6S9/c1-9-16-19-22-25-28-31-34-37-40-43-46-60-81-87-84-63-66(13-5)78-69(75)49-53-73(52-12-4)58-56-72(8)57-59-74(54-50-70(76)79-67(14-6)64-85-88-82-61-47-44-41-38-35-32-29-26-23-20-17-10-2)55-51-71(77)80-68(15-7)65-86-89-83-62-48-45-42-39-36-33-30-27-24-21-18-11-3/h66-68H,9-65H2,1-8H3. The summed E-state index contributed by atoms with van der Waals surface area (Å²) >= 11 is 0. The van der Waals surface area contributed by atoms with Gasteiger partial charge < -0.3 is 28.9 Å². The maximum Gasteiger partial charge on any atom is 0.307 e. The molecule has 0 N–H and O–H groups in total. The number of unbranched alkanes of at least 4 members (excludes halogenated alkanes) is 33. The smallest absolute Gasteiger partial charge is 0.307 e. The van der Waals surface area contributed by atoms with Gasteiger partial charge in [-0.05, 0) is 88.0 Å². The summed E-state index contributed by atoms with van der Waals surface area (Å²) in [6.45, 7) is 21.3. The van der Waals surface area contributed by atoms with Crippen LogP contribution < -0.4 is 0 Å². The fourth-order valence-electron chi connectivity index (χ4n) is 10.4. The summed E-state index contributed by atoms with van der Waals surface area (Å²) in [6.07, 6.45) is 53.7. The van der Waals surface area contributed by atoms with E-state index in [0.717, 1.165) is 75.7 Å². The Labute approximate surface area is 587 Å². The van der Waals surface area contributed by atoms with Crippen LogP contribution in [0.25, 0.3) is 0 Å². The SMILES string of the molecule is CCCCCCCCCCCCCCSSSCC(CC)OC(=O)CCN(CCC)CCN(C)CCN(CCC(=O)OC(CC)CSSSCCCCCCCCCCCCCC)CCC(=O)OC(CC)CSSSCCCCCCCCCCCCCC. The molecule has 0 aliphatic rings. The summed E-state index contributed by atoms with van der Waals surface area (Å²) in [5.41, 5.74) is 0. The molecule has 0 aromatic rings. The largest absolute Gasteiger partial charge is 0.461 e. The summed E-state index contributed by atoms with van der Waals surface area (Å²) in [4.78, 5) is 46.9. The normalized spacial score (nSPS) is 12.8. The van der Waals surface area contributed by atoms with Crippen LogP contribution in [0.1, 0.15) is 325 Å². The van der Waals surface area contributed by atoms with Crippen LogP contribution in [0.4, 0.5) is 0 Å². The van der Waals surface area contributed by atoms with Crippen LogP contribution in [0, 0.1) is 0 Å². The van der Waals surface area contributed by atoms with Gasteiger partial charge in [-0.3, -0.25) is 14.4 Å². The molecule has 18 heteroatoms. The van der Waals surface area contributed by atoms with E-state index in [1.165, 1.54) is 248 Å². The molecule has 0 rings (SSSR count). The topological polar surface area (TPSA) is 88.6 Å². The molecule has 0 aromatic heterocycles. The Hall–Kier alpha value is 1.44. The van der Waals surface area contributed by atoms with Crippen LogP contribution in [-0.2, 0) is 28.6 Å². The quantitative estimate of drug-likeness (QED) is 0.0250. The third-order valence-electron chi connectivity index (χ3n) is 16.6. The second-order valence-corrected chi connectivity index (χ2v) is 38.2. The molecular weight excluding hydrogens is 1280 g/mol. The number of likely N-dealkylation sites (N-methyl/N-ethyl adjacent to an activating group) is 1. The van der Waals surface area contributed by atoms with E-state index >= 15 is 0 Å². The van der Waals surface area contributed by atoms with Crippen LogP contribution >= 0.6 is 94.2 Å². The highest BCUT2D eigenvalue weighted by Crippen LogP contribution is 2.38. The van der Waals surface area contributed by atoms with Crippen molar-refractivity contribution < 1.29 is 28.6 Å². The number of rotatable bonds is 74. The Morgan fingerprint density at radius 3 is 0.753 bits per heavy atom. The van der Waals surface area contributed by atoms with Gasteiger partial charge in [-0.15, -0.1) is 0 Å². The molecule has 0 spiro atoms. The summed E-state index contributed by atoms with van der Waals surface area (Å²) in [7, 11) is 19.0. The van der Waals surface area contributed by atoms with Crippen LogP contribution in [-0.4, -0.2) is 145 Å². The van der Waals surface area contributed by atoms with Crippen molar-refractivity contribution in [2.45, 2.75) is 343 Å². The molecule has 0 aliphatic heterocycles. The monoisotopic (exact) mass is 1420 g/mol. The lowest BCUT2D eigenvalue weighted by atomic mass is 10.1. The van der Waals surface area contributed by atoms with Gasteiger partial charge in [-0.2, -0.15) is 0 Å². The summed E-state index contributed by atoms with van der Waals surface area (Å²) in [6, 6.07) is 0. The Morgan fingerprint density at radius 2 is 0.517 bits per heavy atom. The Morgan fingerprint density at radius 1 is 0.281 bits per heavy atom. The molecule has 9 nitrogen and oxygen atoms in total. The lowest BCUT2D eigenvalue weighted by Gasteiger charge is -2.28. The second-order valence-electron chi connectivity index (χ2n) is 25.0. The molecule has 0 saturated carbocycles. The van der Waals surface area contributed by atoms with Gasteiger partial charge in [0.1, 0.15) is 18.3 Å². The van der Waals surface area contributed by atoms with Gasteiger partial charge in [0.25, 0.3) is 0 Å². The molecule has 0 saturated heterocycles. The highest BCUT2D eigenvalue weighted by molar-refractivity contribution is 9.10. The molecule has 0 aromatic carbocycles. The maximum absolute atomic E-state index is 13.4. The predicted octanol–water partition coefficient (Wildman–Crippen LogP) is 24.3. The first-order valence-electron chi connectivity index (χ1n) is 37.1. The van der Waals surface area contributed by atoms with Gasteiger partial charge in [0, 0.05) is 80.3 Å². The Kier molecular flexibility index (Phi) is 74.9. The predicted molar refractivity (Wildman–Crippen MR) is 416 cm³/mol. The second kappa shape index (κ2) is 73.7. The minimum atomic E-state index is -0.166. The first-order chi connectivity index (χ1) is 43.6. The Bertz CT molecular complexity index is 1430. The third-order valence-corrected chi connectivity index (χ3v) is 29.7. The number of carbonyl (C=O) groups excluding carboxylic acids is 3. The molecule has 530 valence electrons. The average Bonchev–Trinajstić information content (AvgIpc) is 3.60. The molecule has 3 unspecified atom stereocenters. The van der Waals surface area contributed by atoms with E-state index in [4.69, 9.17) is 14.2 Å². The highest BCUT2D eigenvalue weighted by atomic mass is 33.5. The zero-order valence-corrected chi connectivity index (χ0v) is 66.4. The number of carbonyl (C=O) groups is 3. The van der Waals surface area contributed by atoms with Crippen LogP contribution in [0.5, 0.6) is 0 Å². The van der Waals surface area contributed by atoms with Crippen molar-refractivity contribution in [2.24, 2.45) is 0 Å². The summed E-state index contributed by atoms with van der Waals surface area (Å²) in [5.74, 6) is 5.51. The van der Waals surface area contributed by atoms with E-state index < -0.39 is 0 Å². The molecule has 0 fully saturated rings. The first-order valence-corrected chi connectivity index (χ1v) is 48.6. The zero-order chi connectivity index (χ0) is 65.0. The van der Waals surface area contributed by atoms with Gasteiger partial charge >= 0.3 is 17.9 Å². The minimum Gasteiger partial charge on any atom is -0.461 e. The Balaban J connectivity index is 4.97.